The number of nitrogens with one attached hydrogen (secondary N) is 1. The van der Waals surface area contributed by atoms with E-state index >= 15 is 0 Å². The van der Waals surface area contributed by atoms with Crippen LogP contribution in [0.2, 0.25) is 0 Å². The Balaban J connectivity index is 0.00000288. The van der Waals surface area contributed by atoms with Crippen LogP contribution in [0.4, 0.5) is 0 Å². The summed E-state index contributed by atoms with van der Waals surface area (Å²) in [5.41, 5.74) is 8.65. The summed E-state index contributed by atoms with van der Waals surface area (Å²) in [6.45, 7) is 6.62. The SMILES string of the molecule is CCC(CC)(CN)NC(=O)Cc1csc(-c2cccc(C)c2)n1.Cl.Cl. The van der Waals surface area contributed by atoms with E-state index in [0.29, 0.717) is 13.0 Å². The Labute approximate surface area is 166 Å². The first-order chi connectivity index (χ1) is 11.0. The molecule has 140 valence electrons. The molecule has 0 fully saturated rings. The summed E-state index contributed by atoms with van der Waals surface area (Å²) in [7, 11) is 0. The van der Waals surface area contributed by atoms with Gasteiger partial charge in [0.2, 0.25) is 5.91 Å². The maximum Gasteiger partial charge on any atom is 0.226 e. The molecule has 4 nitrogen and oxygen atoms in total. The van der Waals surface area contributed by atoms with E-state index in [0.717, 1.165) is 29.1 Å². The molecule has 0 saturated carbocycles. The van der Waals surface area contributed by atoms with Gasteiger partial charge in [0, 0.05) is 17.5 Å². The summed E-state index contributed by atoms with van der Waals surface area (Å²) in [6.07, 6.45) is 1.96. The van der Waals surface area contributed by atoms with Crippen LogP contribution in [-0.4, -0.2) is 23.0 Å². The van der Waals surface area contributed by atoms with Gasteiger partial charge in [0.15, 0.2) is 0 Å². The minimum Gasteiger partial charge on any atom is -0.349 e. The molecule has 1 aromatic heterocycles. The highest BCUT2D eigenvalue weighted by atomic mass is 35.5. The average molecular weight is 404 g/mol. The van der Waals surface area contributed by atoms with Crippen LogP contribution < -0.4 is 11.1 Å². The van der Waals surface area contributed by atoms with Crippen molar-refractivity contribution in [2.24, 2.45) is 5.73 Å². The van der Waals surface area contributed by atoms with Gasteiger partial charge in [0.1, 0.15) is 5.01 Å². The number of amides is 1. The van der Waals surface area contributed by atoms with E-state index in [1.54, 1.807) is 11.3 Å². The van der Waals surface area contributed by atoms with Crippen LogP contribution in [0, 0.1) is 6.92 Å². The highest BCUT2D eigenvalue weighted by Crippen LogP contribution is 2.24. The fourth-order valence-corrected chi connectivity index (χ4v) is 3.39. The topological polar surface area (TPSA) is 68.0 Å². The zero-order valence-corrected chi connectivity index (χ0v) is 17.3. The van der Waals surface area contributed by atoms with Crippen molar-refractivity contribution in [3.05, 3.63) is 40.9 Å². The second-order valence-corrected chi connectivity index (χ2v) is 6.79. The van der Waals surface area contributed by atoms with E-state index in [4.69, 9.17) is 5.73 Å². The van der Waals surface area contributed by atoms with E-state index < -0.39 is 0 Å². The first-order valence-electron chi connectivity index (χ1n) is 8.04. The van der Waals surface area contributed by atoms with Gasteiger partial charge in [-0.1, -0.05) is 37.6 Å². The molecule has 7 heteroatoms. The maximum atomic E-state index is 12.3. The molecule has 0 spiro atoms. The zero-order valence-electron chi connectivity index (χ0n) is 14.9. The van der Waals surface area contributed by atoms with Gasteiger partial charge in [-0.05, 0) is 25.8 Å². The molecule has 0 saturated heterocycles. The van der Waals surface area contributed by atoms with Crippen LogP contribution in [0.25, 0.3) is 10.6 Å². The highest BCUT2D eigenvalue weighted by molar-refractivity contribution is 7.13. The van der Waals surface area contributed by atoms with Crippen molar-refractivity contribution in [3.63, 3.8) is 0 Å². The van der Waals surface area contributed by atoms with Crippen LogP contribution in [0.15, 0.2) is 29.6 Å². The monoisotopic (exact) mass is 403 g/mol. The normalized spacial score (nSPS) is 10.6. The summed E-state index contributed by atoms with van der Waals surface area (Å²) < 4.78 is 0. The molecule has 1 aromatic carbocycles. The lowest BCUT2D eigenvalue weighted by Gasteiger charge is -2.31. The van der Waals surface area contributed by atoms with E-state index in [9.17, 15) is 4.79 Å². The summed E-state index contributed by atoms with van der Waals surface area (Å²) in [5.74, 6) is -0.0137. The fourth-order valence-electron chi connectivity index (χ4n) is 2.57. The third-order valence-corrected chi connectivity index (χ3v) is 5.25. The van der Waals surface area contributed by atoms with Crippen LogP contribution in [0.1, 0.15) is 37.9 Å². The standard InChI is InChI=1S/C18H25N3OS.2ClH/c1-4-18(5-2,12-19)21-16(22)10-15-11-23-17(20-15)14-8-6-7-13(3)9-14;;/h6-9,11H,4-5,10,12,19H2,1-3H3,(H,21,22);2*1H. The Morgan fingerprint density at radius 1 is 1.28 bits per heavy atom. The molecule has 1 heterocycles. The quantitative estimate of drug-likeness (QED) is 0.729. The molecule has 2 rings (SSSR count). The average Bonchev–Trinajstić information content (AvgIpc) is 3.01. The lowest BCUT2D eigenvalue weighted by Crippen LogP contribution is -2.53. The molecule has 0 radical (unpaired) electrons. The summed E-state index contributed by atoms with van der Waals surface area (Å²) in [6, 6.07) is 8.24. The maximum absolute atomic E-state index is 12.3. The van der Waals surface area contributed by atoms with Crippen molar-refractivity contribution >= 4 is 42.1 Å². The fraction of sp³-hybridized carbons (Fsp3) is 0.444. The molecule has 0 aliphatic heterocycles. The second-order valence-electron chi connectivity index (χ2n) is 5.93. The number of benzene rings is 1. The Bertz CT molecular complexity index is 664. The van der Waals surface area contributed by atoms with E-state index in [2.05, 4.69) is 43.2 Å². The van der Waals surface area contributed by atoms with Crippen molar-refractivity contribution in [1.82, 2.24) is 10.3 Å². The van der Waals surface area contributed by atoms with Gasteiger partial charge in [-0.3, -0.25) is 4.79 Å². The second kappa shape index (κ2) is 10.8. The van der Waals surface area contributed by atoms with Gasteiger partial charge < -0.3 is 11.1 Å². The number of thiazole rings is 1. The first-order valence-corrected chi connectivity index (χ1v) is 8.92. The molecule has 0 unspecified atom stereocenters. The summed E-state index contributed by atoms with van der Waals surface area (Å²) in [4.78, 5) is 16.9. The van der Waals surface area contributed by atoms with E-state index in [-0.39, 0.29) is 36.3 Å². The van der Waals surface area contributed by atoms with Gasteiger partial charge in [-0.2, -0.15) is 0 Å². The molecular weight excluding hydrogens is 377 g/mol. The third kappa shape index (κ3) is 6.26. The molecular formula is C18H27Cl2N3OS. The number of nitrogens with zero attached hydrogens (tertiary/aromatic N) is 1. The lowest BCUT2D eigenvalue weighted by molar-refractivity contribution is -0.122. The Morgan fingerprint density at radius 2 is 1.96 bits per heavy atom. The molecule has 3 N–H and O–H groups in total. The molecule has 0 aliphatic rings. The minimum atomic E-state index is -0.299. The number of nitrogens with two attached hydrogens (primary N) is 1. The Hall–Kier alpha value is -1.14. The Morgan fingerprint density at radius 3 is 2.52 bits per heavy atom. The largest absolute Gasteiger partial charge is 0.349 e. The highest BCUT2D eigenvalue weighted by Gasteiger charge is 2.26. The smallest absolute Gasteiger partial charge is 0.226 e. The number of aromatic nitrogens is 1. The minimum absolute atomic E-state index is 0. The van der Waals surface area contributed by atoms with Gasteiger partial charge >= 0.3 is 0 Å². The van der Waals surface area contributed by atoms with Crippen LogP contribution in [0.5, 0.6) is 0 Å². The van der Waals surface area contributed by atoms with Crippen molar-refractivity contribution in [2.45, 2.75) is 45.6 Å². The number of hydrogen-bond acceptors (Lipinski definition) is 4. The van der Waals surface area contributed by atoms with Crippen LogP contribution >= 0.6 is 36.2 Å². The van der Waals surface area contributed by atoms with E-state index in [1.165, 1.54) is 5.56 Å². The van der Waals surface area contributed by atoms with Crippen molar-refractivity contribution in [1.29, 1.82) is 0 Å². The van der Waals surface area contributed by atoms with Gasteiger partial charge in [-0.25, -0.2) is 4.98 Å². The summed E-state index contributed by atoms with van der Waals surface area (Å²) >= 11 is 1.57. The number of aryl methyl sites for hydroxylation is 1. The molecule has 0 bridgehead atoms. The molecule has 1 amide bonds. The van der Waals surface area contributed by atoms with Gasteiger partial charge in [0.05, 0.1) is 17.7 Å². The van der Waals surface area contributed by atoms with Gasteiger partial charge in [0.25, 0.3) is 0 Å². The number of carbonyl (C=O) groups is 1. The Kier molecular flexibility index (Phi) is 10.3. The molecule has 0 aliphatic carbocycles. The number of halogens is 2. The predicted molar refractivity (Wildman–Crippen MR) is 111 cm³/mol. The third-order valence-electron chi connectivity index (χ3n) is 4.31. The lowest BCUT2D eigenvalue weighted by atomic mass is 9.92. The van der Waals surface area contributed by atoms with E-state index in [1.807, 2.05) is 17.5 Å². The first kappa shape index (κ1) is 23.9. The molecule has 25 heavy (non-hydrogen) atoms. The number of hydrogen-bond donors (Lipinski definition) is 2. The van der Waals surface area contributed by atoms with Crippen molar-refractivity contribution in [2.75, 3.05) is 6.54 Å². The zero-order chi connectivity index (χ0) is 16.9. The molecule has 2 aromatic rings. The van der Waals surface area contributed by atoms with Crippen molar-refractivity contribution < 1.29 is 4.79 Å². The van der Waals surface area contributed by atoms with Crippen LogP contribution in [0.3, 0.4) is 0 Å². The molecule has 0 atom stereocenters. The number of carbonyl (C=O) groups excluding carboxylic acids is 1. The predicted octanol–water partition coefficient (Wildman–Crippen LogP) is 4.14. The van der Waals surface area contributed by atoms with Crippen molar-refractivity contribution in [3.8, 4) is 10.6 Å². The summed E-state index contributed by atoms with van der Waals surface area (Å²) in [5, 5.41) is 6.00. The van der Waals surface area contributed by atoms with Gasteiger partial charge in [-0.15, -0.1) is 36.2 Å². The van der Waals surface area contributed by atoms with Crippen LogP contribution in [-0.2, 0) is 11.2 Å². The number of rotatable bonds is 7.